The Balaban J connectivity index is 2.31. The maximum absolute atomic E-state index is 12.7. The highest BCUT2D eigenvalue weighted by molar-refractivity contribution is 7.92. The average molecular weight is 372 g/mol. The van der Waals surface area contributed by atoms with Crippen LogP contribution in [0.5, 0.6) is 0 Å². The van der Waals surface area contributed by atoms with Crippen LogP contribution in [0.2, 0.25) is 0 Å². The summed E-state index contributed by atoms with van der Waals surface area (Å²) >= 11 is 0. The lowest BCUT2D eigenvalue weighted by Gasteiger charge is -2.13. The fraction of sp³-hybridized carbons (Fsp3) is 0.188. The molecule has 0 aliphatic carbocycles. The van der Waals surface area contributed by atoms with Gasteiger partial charge in [-0.05, 0) is 48.9 Å². The Morgan fingerprint density at radius 3 is 2.32 bits per heavy atom. The van der Waals surface area contributed by atoms with E-state index in [2.05, 4.69) is 10.0 Å². The Morgan fingerprint density at radius 2 is 1.76 bits per heavy atom. The van der Waals surface area contributed by atoms with E-state index in [9.17, 15) is 26.4 Å². The topological polar surface area (TPSA) is 75.3 Å². The minimum atomic E-state index is -4.57. The number of sulfonamides is 1. The lowest BCUT2D eigenvalue weighted by atomic mass is 10.2. The number of benzene rings is 2. The third-order valence-corrected chi connectivity index (χ3v) is 4.64. The molecule has 0 saturated heterocycles. The molecule has 2 aromatic carbocycles. The van der Waals surface area contributed by atoms with Crippen LogP contribution >= 0.6 is 0 Å². The number of hydrogen-bond donors (Lipinski definition) is 2. The Hall–Kier alpha value is -2.55. The van der Waals surface area contributed by atoms with Crippen molar-refractivity contribution in [2.45, 2.75) is 24.9 Å². The van der Waals surface area contributed by atoms with E-state index >= 15 is 0 Å². The SMILES string of the molecule is CC(=O)Nc1ccc(S(=O)(=O)Nc2cccc(C(F)(F)F)c2)cc1C. The molecule has 0 saturated carbocycles. The third-order valence-electron chi connectivity index (χ3n) is 3.26. The molecule has 0 unspecified atom stereocenters. The Kier molecular flexibility index (Phi) is 5.07. The molecule has 0 aliphatic heterocycles. The molecule has 0 bridgehead atoms. The fourth-order valence-corrected chi connectivity index (χ4v) is 3.24. The predicted molar refractivity (Wildman–Crippen MR) is 87.7 cm³/mol. The average Bonchev–Trinajstić information content (AvgIpc) is 2.47. The molecule has 0 aromatic heterocycles. The van der Waals surface area contributed by atoms with Gasteiger partial charge in [-0.1, -0.05) is 6.07 Å². The molecule has 2 rings (SSSR count). The van der Waals surface area contributed by atoms with Crippen molar-refractivity contribution in [1.82, 2.24) is 0 Å². The predicted octanol–water partition coefficient (Wildman–Crippen LogP) is 3.77. The number of carbonyl (C=O) groups excluding carboxylic acids is 1. The van der Waals surface area contributed by atoms with Gasteiger partial charge in [0, 0.05) is 18.3 Å². The Morgan fingerprint density at radius 1 is 1.08 bits per heavy atom. The van der Waals surface area contributed by atoms with Crippen molar-refractivity contribution in [3.8, 4) is 0 Å². The van der Waals surface area contributed by atoms with Gasteiger partial charge in [-0.2, -0.15) is 13.2 Å². The molecular weight excluding hydrogens is 357 g/mol. The standard InChI is InChI=1S/C16H15F3N2O3S/c1-10-8-14(6-7-15(10)20-11(2)22)25(23,24)21-13-5-3-4-12(9-13)16(17,18)19/h3-9,21H,1-2H3,(H,20,22). The van der Waals surface area contributed by atoms with E-state index in [1.165, 1.54) is 31.2 Å². The molecule has 0 radical (unpaired) electrons. The molecule has 0 heterocycles. The first-order chi connectivity index (χ1) is 11.5. The number of halogens is 3. The highest BCUT2D eigenvalue weighted by Gasteiger charge is 2.30. The number of aryl methyl sites for hydroxylation is 1. The second-order valence-electron chi connectivity index (χ2n) is 5.34. The largest absolute Gasteiger partial charge is 0.416 e. The van der Waals surface area contributed by atoms with Crippen molar-refractivity contribution in [1.29, 1.82) is 0 Å². The van der Waals surface area contributed by atoms with E-state index in [1.807, 2.05) is 0 Å². The number of rotatable bonds is 4. The maximum Gasteiger partial charge on any atom is 0.416 e. The molecule has 1 amide bonds. The van der Waals surface area contributed by atoms with Gasteiger partial charge in [-0.25, -0.2) is 8.42 Å². The van der Waals surface area contributed by atoms with Gasteiger partial charge in [0.25, 0.3) is 10.0 Å². The van der Waals surface area contributed by atoms with Crippen LogP contribution in [0.3, 0.4) is 0 Å². The van der Waals surface area contributed by atoms with E-state index in [-0.39, 0.29) is 16.5 Å². The minimum absolute atomic E-state index is 0.128. The summed E-state index contributed by atoms with van der Waals surface area (Å²) in [5, 5.41) is 2.55. The van der Waals surface area contributed by atoms with Gasteiger partial charge in [0.05, 0.1) is 10.5 Å². The summed E-state index contributed by atoms with van der Waals surface area (Å²) in [5.41, 5.74) is -0.198. The quantitative estimate of drug-likeness (QED) is 0.858. The molecule has 2 N–H and O–H groups in total. The molecule has 0 fully saturated rings. The molecular formula is C16H15F3N2O3S. The summed E-state index contributed by atoms with van der Waals surface area (Å²) in [4.78, 5) is 10.9. The minimum Gasteiger partial charge on any atom is -0.326 e. The van der Waals surface area contributed by atoms with E-state index in [0.717, 1.165) is 18.2 Å². The third kappa shape index (κ3) is 4.72. The molecule has 0 spiro atoms. The van der Waals surface area contributed by atoms with Crippen molar-refractivity contribution in [2.24, 2.45) is 0 Å². The Bertz CT molecular complexity index is 909. The maximum atomic E-state index is 12.7. The van der Waals surface area contributed by atoms with E-state index < -0.39 is 21.8 Å². The van der Waals surface area contributed by atoms with Crippen molar-refractivity contribution >= 4 is 27.3 Å². The summed E-state index contributed by atoms with van der Waals surface area (Å²) in [7, 11) is -4.07. The summed E-state index contributed by atoms with van der Waals surface area (Å²) in [6, 6.07) is 7.91. The fourth-order valence-electron chi connectivity index (χ4n) is 2.11. The lowest BCUT2D eigenvalue weighted by Crippen LogP contribution is -2.15. The summed E-state index contributed by atoms with van der Waals surface area (Å²) < 4.78 is 65.0. The molecule has 0 aliphatic rings. The highest BCUT2D eigenvalue weighted by Crippen LogP contribution is 2.31. The zero-order valence-corrected chi connectivity index (χ0v) is 14.1. The van der Waals surface area contributed by atoms with Gasteiger partial charge < -0.3 is 5.32 Å². The normalized spacial score (nSPS) is 11.9. The van der Waals surface area contributed by atoms with E-state index in [4.69, 9.17) is 0 Å². The van der Waals surface area contributed by atoms with E-state index in [1.54, 1.807) is 6.92 Å². The number of anilines is 2. The van der Waals surface area contributed by atoms with Crippen LogP contribution in [-0.4, -0.2) is 14.3 Å². The number of nitrogens with one attached hydrogen (secondary N) is 2. The van der Waals surface area contributed by atoms with Crippen molar-refractivity contribution in [2.75, 3.05) is 10.0 Å². The number of amides is 1. The lowest BCUT2D eigenvalue weighted by molar-refractivity contribution is -0.137. The monoisotopic (exact) mass is 372 g/mol. The molecule has 5 nitrogen and oxygen atoms in total. The molecule has 25 heavy (non-hydrogen) atoms. The summed E-state index contributed by atoms with van der Waals surface area (Å²) in [6.45, 7) is 2.92. The smallest absolute Gasteiger partial charge is 0.326 e. The van der Waals surface area contributed by atoms with Crippen molar-refractivity contribution < 1.29 is 26.4 Å². The Labute approximate surface area is 142 Å². The van der Waals surface area contributed by atoms with Crippen molar-refractivity contribution in [3.63, 3.8) is 0 Å². The summed E-state index contributed by atoms with van der Waals surface area (Å²) in [5.74, 6) is -0.305. The van der Waals surface area contributed by atoms with Gasteiger partial charge in [0.15, 0.2) is 0 Å². The summed E-state index contributed by atoms with van der Waals surface area (Å²) in [6.07, 6.45) is -4.57. The molecule has 9 heteroatoms. The van der Waals surface area contributed by atoms with Crippen LogP contribution in [0.25, 0.3) is 0 Å². The molecule has 134 valence electrons. The molecule has 2 aromatic rings. The zero-order chi connectivity index (χ0) is 18.8. The number of hydrogen-bond acceptors (Lipinski definition) is 3. The second-order valence-corrected chi connectivity index (χ2v) is 7.02. The second kappa shape index (κ2) is 6.75. The van der Waals surface area contributed by atoms with Crippen LogP contribution in [0.1, 0.15) is 18.1 Å². The zero-order valence-electron chi connectivity index (χ0n) is 13.3. The van der Waals surface area contributed by atoms with Gasteiger partial charge >= 0.3 is 6.18 Å². The van der Waals surface area contributed by atoms with Gasteiger partial charge in [-0.15, -0.1) is 0 Å². The van der Waals surface area contributed by atoms with Crippen LogP contribution in [0.4, 0.5) is 24.5 Å². The first-order valence-electron chi connectivity index (χ1n) is 7.07. The first-order valence-corrected chi connectivity index (χ1v) is 8.56. The highest BCUT2D eigenvalue weighted by atomic mass is 32.2. The van der Waals surface area contributed by atoms with Crippen LogP contribution in [0, 0.1) is 6.92 Å². The number of carbonyl (C=O) groups is 1. The molecule has 0 atom stereocenters. The van der Waals surface area contributed by atoms with Crippen molar-refractivity contribution in [3.05, 3.63) is 53.6 Å². The van der Waals surface area contributed by atoms with Gasteiger partial charge in [-0.3, -0.25) is 9.52 Å². The van der Waals surface area contributed by atoms with Gasteiger partial charge in [0.2, 0.25) is 5.91 Å². The van der Waals surface area contributed by atoms with Crippen LogP contribution in [0.15, 0.2) is 47.4 Å². The van der Waals surface area contributed by atoms with Crippen LogP contribution < -0.4 is 10.0 Å². The van der Waals surface area contributed by atoms with Crippen LogP contribution in [-0.2, 0) is 21.0 Å². The first kappa shape index (κ1) is 18.8. The van der Waals surface area contributed by atoms with E-state index in [0.29, 0.717) is 11.3 Å². The van der Waals surface area contributed by atoms with Gasteiger partial charge in [0.1, 0.15) is 0 Å². The number of alkyl halides is 3.